The number of hydrogen-bond acceptors (Lipinski definition) is 5. The molecule has 142 valence electrons. The van der Waals surface area contributed by atoms with Gasteiger partial charge in [-0.15, -0.1) is 0 Å². The predicted octanol–water partition coefficient (Wildman–Crippen LogP) is 3.33. The summed E-state index contributed by atoms with van der Waals surface area (Å²) in [7, 11) is 0. The van der Waals surface area contributed by atoms with Gasteiger partial charge in [0, 0.05) is 22.3 Å². The van der Waals surface area contributed by atoms with E-state index < -0.39 is 30.3 Å². The first-order valence-corrected chi connectivity index (χ1v) is 9.10. The third-order valence-electron chi connectivity index (χ3n) is 3.69. The van der Waals surface area contributed by atoms with Crippen LogP contribution in [0.25, 0.3) is 0 Å². The number of esters is 1. The van der Waals surface area contributed by atoms with Gasteiger partial charge in [-0.05, 0) is 52.3 Å². The summed E-state index contributed by atoms with van der Waals surface area (Å²) in [5.74, 6) is -2.30. The number of nitrogens with one attached hydrogen (secondary N) is 1. The monoisotopic (exact) mass is 462 g/mol. The first-order valence-electron chi connectivity index (χ1n) is 7.93. The van der Waals surface area contributed by atoms with Crippen LogP contribution in [-0.4, -0.2) is 30.3 Å². The van der Waals surface area contributed by atoms with Crippen LogP contribution in [0.4, 0.5) is 11.4 Å². The molecule has 0 saturated carbocycles. The molecular weight excluding hydrogens is 452 g/mol. The molecular formula is C19H12BrClN2O5. The number of rotatable bonds is 5. The van der Waals surface area contributed by atoms with E-state index in [1.807, 2.05) is 0 Å². The Balaban J connectivity index is 1.61. The maximum atomic E-state index is 12.2. The van der Waals surface area contributed by atoms with Crippen molar-refractivity contribution in [2.45, 2.75) is 0 Å². The number of anilines is 2. The minimum Gasteiger partial charge on any atom is -0.452 e. The lowest BCUT2D eigenvalue weighted by atomic mass is 10.2. The third-order valence-corrected chi connectivity index (χ3v) is 4.92. The standard InChI is InChI=1S/C19H12BrClN2O5/c20-14-5-4-12(9-15(14)21)22-16(24)10-28-19(27)11-2-1-3-13(8-11)23-17(25)6-7-18(23)26/h1-9H,10H2,(H,22,24). The van der Waals surface area contributed by atoms with E-state index >= 15 is 0 Å². The highest BCUT2D eigenvalue weighted by Gasteiger charge is 2.25. The molecule has 0 saturated heterocycles. The van der Waals surface area contributed by atoms with Gasteiger partial charge in [-0.2, -0.15) is 0 Å². The lowest BCUT2D eigenvalue weighted by Gasteiger charge is -2.14. The van der Waals surface area contributed by atoms with Gasteiger partial charge in [0.2, 0.25) is 0 Å². The predicted molar refractivity (Wildman–Crippen MR) is 106 cm³/mol. The average molecular weight is 464 g/mol. The smallest absolute Gasteiger partial charge is 0.338 e. The van der Waals surface area contributed by atoms with Gasteiger partial charge < -0.3 is 10.1 Å². The first-order chi connectivity index (χ1) is 13.3. The van der Waals surface area contributed by atoms with Gasteiger partial charge in [-0.25, -0.2) is 9.69 Å². The molecule has 1 aliphatic heterocycles. The molecule has 28 heavy (non-hydrogen) atoms. The molecule has 2 aromatic rings. The first kappa shape index (κ1) is 19.8. The Morgan fingerprint density at radius 1 is 1.07 bits per heavy atom. The fourth-order valence-electron chi connectivity index (χ4n) is 2.41. The van der Waals surface area contributed by atoms with Crippen molar-refractivity contribution in [2.75, 3.05) is 16.8 Å². The zero-order valence-corrected chi connectivity index (χ0v) is 16.5. The quantitative estimate of drug-likeness (QED) is 0.542. The van der Waals surface area contributed by atoms with Crippen molar-refractivity contribution in [3.05, 3.63) is 69.7 Å². The van der Waals surface area contributed by atoms with Crippen LogP contribution in [0.3, 0.4) is 0 Å². The second kappa shape index (κ2) is 8.37. The average Bonchev–Trinajstić information content (AvgIpc) is 3.01. The molecule has 0 aliphatic carbocycles. The summed E-state index contributed by atoms with van der Waals surface area (Å²) in [6.07, 6.45) is 2.29. The van der Waals surface area contributed by atoms with Crippen molar-refractivity contribution in [1.29, 1.82) is 0 Å². The van der Waals surface area contributed by atoms with Crippen LogP contribution < -0.4 is 10.2 Å². The Morgan fingerprint density at radius 3 is 2.46 bits per heavy atom. The van der Waals surface area contributed by atoms with Crippen molar-refractivity contribution in [3.63, 3.8) is 0 Å². The molecule has 1 heterocycles. The molecule has 9 heteroatoms. The molecule has 0 radical (unpaired) electrons. The zero-order chi connectivity index (χ0) is 20.3. The lowest BCUT2D eigenvalue weighted by Crippen LogP contribution is -2.29. The van der Waals surface area contributed by atoms with Crippen LogP contribution >= 0.6 is 27.5 Å². The van der Waals surface area contributed by atoms with Gasteiger partial charge in [0.05, 0.1) is 16.3 Å². The Bertz CT molecular complexity index is 1000. The molecule has 1 N–H and O–H groups in total. The maximum absolute atomic E-state index is 12.2. The highest BCUT2D eigenvalue weighted by atomic mass is 79.9. The van der Waals surface area contributed by atoms with Crippen LogP contribution in [0.2, 0.25) is 5.02 Å². The van der Waals surface area contributed by atoms with E-state index in [1.165, 1.54) is 24.3 Å². The summed E-state index contributed by atoms with van der Waals surface area (Å²) in [6.45, 7) is -0.514. The van der Waals surface area contributed by atoms with Crippen molar-refractivity contribution >= 4 is 62.6 Å². The minimum absolute atomic E-state index is 0.101. The molecule has 3 amide bonds. The highest BCUT2D eigenvalue weighted by molar-refractivity contribution is 9.10. The molecule has 0 aromatic heterocycles. The normalized spacial score (nSPS) is 13.0. The van der Waals surface area contributed by atoms with Gasteiger partial charge in [0.1, 0.15) is 0 Å². The SMILES string of the molecule is O=C(COC(=O)c1cccc(N2C(=O)C=CC2=O)c1)Nc1ccc(Br)c(Cl)c1. The Morgan fingerprint density at radius 2 is 1.79 bits per heavy atom. The fourth-order valence-corrected chi connectivity index (χ4v) is 2.84. The molecule has 1 aliphatic rings. The van der Waals surface area contributed by atoms with Crippen LogP contribution in [-0.2, 0) is 19.1 Å². The minimum atomic E-state index is -0.766. The topological polar surface area (TPSA) is 92.8 Å². The fraction of sp³-hybridized carbons (Fsp3) is 0.0526. The maximum Gasteiger partial charge on any atom is 0.338 e. The molecule has 2 aromatic carbocycles. The van der Waals surface area contributed by atoms with E-state index in [0.717, 1.165) is 17.1 Å². The van der Waals surface area contributed by atoms with Crippen molar-refractivity contribution < 1.29 is 23.9 Å². The van der Waals surface area contributed by atoms with Crippen LogP contribution in [0.5, 0.6) is 0 Å². The summed E-state index contributed by atoms with van der Waals surface area (Å²) in [5.41, 5.74) is 0.794. The Kier molecular flexibility index (Phi) is 5.91. The van der Waals surface area contributed by atoms with E-state index in [-0.39, 0.29) is 11.3 Å². The van der Waals surface area contributed by atoms with E-state index in [1.54, 1.807) is 18.2 Å². The zero-order valence-electron chi connectivity index (χ0n) is 14.1. The molecule has 0 spiro atoms. The molecule has 7 nitrogen and oxygen atoms in total. The number of halogens is 2. The van der Waals surface area contributed by atoms with Crippen molar-refractivity contribution in [2.24, 2.45) is 0 Å². The molecule has 0 atom stereocenters. The number of ether oxygens (including phenoxy) is 1. The lowest BCUT2D eigenvalue weighted by molar-refractivity contribution is -0.120. The molecule has 0 unspecified atom stereocenters. The number of benzene rings is 2. The van der Waals surface area contributed by atoms with Crippen LogP contribution in [0, 0.1) is 0 Å². The second-order valence-corrected chi connectivity index (χ2v) is 6.91. The molecule has 0 fully saturated rings. The summed E-state index contributed by atoms with van der Waals surface area (Å²) < 4.78 is 5.67. The Labute approximate surface area is 173 Å². The summed E-state index contributed by atoms with van der Waals surface area (Å²) in [6, 6.07) is 10.7. The van der Waals surface area contributed by atoms with E-state index in [2.05, 4.69) is 21.2 Å². The summed E-state index contributed by atoms with van der Waals surface area (Å²) in [4.78, 5) is 48.6. The van der Waals surface area contributed by atoms with Crippen LogP contribution in [0.1, 0.15) is 10.4 Å². The van der Waals surface area contributed by atoms with E-state index in [0.29, 0.717) is 15.2 Å². The van der Waals surface area contributed by atoms with Crippen LogP contribution in [0.15, 0.2) is 59.1 Å². The highest BCUT2D eigenvalue weighted by Crippen LogP contribution is 2.25. The number of nitrogens with zero attached hydrogens (tertiary/aromatic N) is 1. The molecule has 0 bridgehead atoms. The summed E-state index contributed by atoms with van der Waals surface area (Å²) in [5, 5.41) is 2.98. The van der Waals surface area contributed by atoms with Gasteiger partial charge in [0.15, 0.2) is 6.61 Å². The number of imide groups is 1. The Hall–Kier alpha value is -2.97. The van der Waals surface area contributed by atoms with E-state index in [9.17, 15) is 19.2 Å². The van der Waals surface area contributed by atoms with Crippen molar-refractivity contribution in [1.82, 2.24) is 0 Å². The van der Waals surface area contributed by atoms with Crippen molar-refractivity contribution in [3.8, 4) is 0 Å². The number of carbonyl (C=O) groups excluding carboxylic acids is 4. The number of amides is 3. The number of carbonyl (C=O) groups is 4. The van der Waals surface area contributed by atoms with Gasteiger partial charge >= 0.3 is 5.97 Å². The van der Waals surface area contributed by atoms with Gasteiger partial charge in [-0.3, -0.25) is 14.4 Å². The second-order valence-electron chi connectivity index (χ2n) is 5.65. The summed E-state index contributed by atoms with van der Waals surface area (Å²) >= 11 is 9.20. The van der Waals surface area contributed by atoms with Gasteiger partial charge in [-0.1, -0.05) is 17.7 Å². The molecule has 3 rings (SSSR count). The third kappa shape index (κ3) is 4.47. The largest absolute Gasteiger partial charge is 0.452 e. The number of hydrogen-bond donors (Lipinski definition) is 1. The van der Waals surface area contributed by atoms with Gasteiger partial charge in [0.25, 0.3) is 17.7 Å². The van der Waals surface area contributed by atoms with E-state index in [4.69, 9.17) is 16.3 Å².